The molecule has 0 spiro atoms. The first kappa shape index (κ1) is 23.0. The number of carbonyl (C=O) groups is 2. The van der Waals surface area contributed by atoms with E-state index in [2.05, 4.69) is 42.2 Å². The third-order valence-electron chi connectivity index (χ3n) is 5.63. The molecule has 1 aromatic carbocycles. The minimum Gasteiger partial charge on any atom is -0.468 e. The van der Waals surface area contributed by atoms with Crippen molar-refractivity contribution < 1.29 is 14.3 Å². The molecule has 0 unspecified atom stereocenters. The smallest absolute Gasteiger partial charge is 0.325 e. The van der Waals surface area contributed by atoms with E-state index in [1.807, 2.05) is 25.4 Å². The maximum absolute atomic E-state index is 12.1. The molecular weight excluding hydrogens is 434 g/mol. The zero-order valence-electron chi connectivity index (χ0n) is 19.4. The SMILES string of the molecule is C=C/C(=C\C=C(/C)C(=O)NCC(=O)OC)c1nc(Nc2ccc3[nH]ncc3c2C2CC2)n(C)n1. The topological polar surface area (TPSA) is 127 Å². The van der Waals surface area contributed by atoms with Crippen LogP contribution in [-0.2, 0) is 21.4 Å². The predicted octanol–water partition coefficient (Wildman–Crippen LogP) is 3.12. The highest BCUT2D eigenvalue weighted by molar-refractivity contribution is 5.95. The van der Waals surface area contributed by atoms with E-state index >= 15 is 0 Å². The first-order chi connectivity index (χ1) is 16.4. The molecule has 0 aliphatic heterocycles. The number of aryl methyl sites for hydroxylation is 1. The van der Waals surface area contributed by atoms with E-state index < -0.39 is 5.97 Å². The molecule has 0 bridgehead atoms. The molecule has 1 aliphatic carbocycles. The zero-order valence-corrected chi connectivity index (χ0v) is 19.4. The second-order valence-electron chi connectivity index (χ2n) is 8.07. The minimum absolute atomic E-state index is 0.192. The average molecular weight is 462 g/mol. The average Bonchev–Trinajstić information content (AvgIpc) is 3.45. The van der Waals surface area contributed by atoms with Crippen LogP contribution in [0.1, 0.15) is 37.1 Å². The summed E-state index contributed by atoms with van der Waals surface area (Å²) in [6.45, 7) is 5.30. The fraction of sp³-hybridized carbons (Fsp3) is 0.292. The van der Waals surface area contributed by atoms with Gasteiger partial charge in [-0.15, -0.1) is 5.10 Å². The maximum atomic E-state index is 12.1. The van der Waals surface area contributed by atoms with Crippen LogP contribution in [0, 0.1) is 0 Å². The third kappa shape index (κ3) is 4.90. The molecule has 10 heteroatoms. The summed E-state index contributed by atoms with van der Waals surface area (Å²) in [6, 6.07) is 4.04. The Labute approximate surface area is 196 Å². The number of anilines is 2. The second kappa shape index (κ2) is 9.74. The van der Waals surface area contributed by atoms with Crippen LogP contribution >= 0.6 is 0 Å². The number of aromatic nitrogens is 5. The molecule has 4 rings (SSSR count). The van der Waals surface area contributed by atoms with Gasteiger partial charge in [-0.2, -0.15) is 10.1 Å². The third-order valence-corrected chi connectivity index (χ3v) is 5.63. The number of benzene rings is 1. The van der Waals surface area contributed by atoms with Crippen molar-refractivity contribution in [2.24, 2.45) is 7.05 Å². The number of nitrogens with one attached hydrogen (secondary N) is 3. The number of amides is 1. The number of aromatic amines is 1. The highest BCUT2D eigenvalue weighted by atomic mass is 16.5. The molecular formula is C24H27N7O3. The van der Waals surface area contributed by atoms with Crippen molar-refractivity contribution in [3.63, 3.8) is 0 Å². The number of ether oxygens (including phenoxy) is 1. The number of carbonyl (C=O) groups excluding carboxylic acids is 2. The highest BCUT2D eigenvalue weighted by Gasteiger charge is 2.29. The summed E-state index contributed by atoms with van der Waals surface area (Å²) in [5, 5.41) is 18.8. The Kier molecular flexibility index (Phi) is 6.58. The van der Waals surface area contributed by atoms with E-state index in [1.54, 1.807) is 29.8 Å². The molecule has 3 N–H and O–H groups in total. The van der Waals surface area contributed by atoms with Crippen LogP contribution in [0.5, 0.6) is 0 Å². The summed E-state index contributed by atoms with van der Waals surface area (Å²) in [5.41, 5.74) is 4.31. The molecule has 10 nitrogen and oxygen atoms in total. The van der Waals surface area contributed by atoms with Gasteiger partial charge in [0.1, 0.15) is 6.54 Å². The van der Waals surface area contributed by atoms with E-state index in [9.17, 15) is 9.59 Å². The Morgan fingerprint density at radius 1 is 1.32 bits per heavy atom. The Bertz CT molecular complexity index is 1310. The number of fused-ring (bicyclic) bond motifs is 1. The largest absolute Gasteiger partial charge is 0.468 e. The lowest BCUT2D eigenvalue weighted by molar-refractivity contribution is -0.140. The number of esters is 1. The van der Waals surface area contributed by atoms with Gasteiger partial charge in [-0.3, -0.25) is 14.7 Å². The number of H-pyrrole nitrogens is 1. The van der Waals surface area contributed by atoms with Crippen LogP contribution in [-0.4, -0.2) is 50.5 Å². The molecule has 2 aromatic heterocycles. The van der Waals surface area contributed by atoms with Crippen LogP contribution < -0.4 is 10.6 Å². The minimum atomic E-state index is -0.516. The monoisotopic (exact) mass is 461 g/mol. The van der Waals surface area contributed by atoms with E-state index in [4.69, 9.17) is 0 Å². The van der Waals surface area contributed by atoms with Gasteiger partial charge in [-0.25, -0.2) is 4.68 Å². The summed E-state index contributed by atoms with van der Waals surface area (Å²) in [6.07, 6.45) is 9.15. The van der Waals surface area contributed by atoms with Crippen molar-refractivity contribution in [1.82, 2.24) is 30.3 Å². The molecule has 1 aliphatic rings. The number of methoxy groups -OCH3 is 1. The van der Waals surface area contributed by atoms with Crippen molar-refractivity contribution >= 4 is 40.0 Å². The van der Waals surface area contributed by atoms with Crippen LogP contribution in [0.3, 0.4) is 0 Å². The van der Waals surface area contributed by atoms with Crippen LogP contribution in [0.2, 0.25) is 0 Å². The van der Waals surface area contributed by atoms with Crippen molar-refractivity contribution in [3.8, 4) is 0 Å². The van der Waals surface area contributed by atoms with Gasteiger partial charge in [0.25, 0.3) is 0 Å². The fourth-order valence-electron chi connectivity index (χ4n) is 3.58. The highest BCUT2D eigenvalue weighted by Crippen LogP contribution is 2.46. The number of allylic oxidation sites excluding steroid dienone is 4. The van der Waals surface area contributed by atoms with Crippen molar-refractivity contribution in [3.05, 3.63) is 60.1 Å². The van der Waals surface area contributed by atoms with Crippen LogP contribution in [0.25, 0.3) is 16.5 Å². The molecule has 0 atom stereocenters. The van der Waals surface area contributed by atoms with E-state index in [0.29, 0.717) is 28.8 Å². The lowest BCUT2D eigenvalue weighted by Crippen LogP contribution is -2.30. The lowest BCUT2D eigenvalue weighted by Gasteiger charge is -2.11. The summed E-state index contributed by atoms with van der Waals surface area (Å²) >= 11 is 0. The Hall–Kier alpha value is -4.21. The lowest BCUT2D eigenvalue weighted by atomic mass is 10.0. The fourth-order valence-corrected chi connectivity index (χ4v) is 3.58. The molecule has 0 saturated heterocycles. The van der Waals surface area contributed by atoms with Gasteiger partial charge in [-0.1, -0.05) is 24.8 Å². The van der Waals surface area contributed by atoms with E-state index in [1.165, 1.54) is 12.7 Å². The van der Waals surface area contributed by atoms with E-state index in [-0.39, 0.29) is 12.5 Å². The van der Waals surface area contributed by atoms with Gasteiger partial charge in [-0.05, 0) is 43.4 Å². The van der Waals surface area contributed by atoms with Gasteiger partial charge in [0, 0.05) is 29.3 Å². The molecule has 1 saturated carbocycles. The van der Waals surface area contributed by atoms with Crippen molar-refractivity contribution in [2.75, 3.05) is 19.0 Å². The molecule has 1 amide bonds. The predicted molar refractivity (Wildman–Crippen MR) is 129 cm³/mol. The Balaban J connectivity index is 1.54. The Morgan fingerprint density at radius 3 is 2.82 bits per heavy atom. The van der Waals surface area contributed by atoms with Gasteiger partial charge in [0.2, 0.25) is 11.9 Å². The second-order valence-corrected chi connectivity index (χ2v) is 8.07. The quantitative estimate of drug-likeness (QED) is 0.254. The van der Waals surface area contributed by atoms with E-state index in [0.717, 1.165) is 29.4 Å². The van der Waals surface area contributed by atoms with Gasteiger partial charge < -0.3 is 15.4 Å². The molecule has 34 heavy (non-hydrogen) atoms. The van der Waals surface area contributed by atoms with Gasteiger partial charge >= 0.3 is 5.97 Å². The summed E-state index contributed by atoms with van der Waals surface area (Å²) in [7, 11) is 3.08. The van der Waals surface area contributed by atoms with Gasteiger partial charge in [0.05, 0.1) is 18.8 Å². The van der Waals surface area contributed by atoms with Gasteiger partial charge in [0.15, 0.2) is 5.82 Å². The maximum Gasteiger partial charge on any atom is 0.325 e. The molecule has 1 fully saturated rings. The standard InChI is InChI=1S/C24H27N7O3/c1-5-15(7-6-14(2)23(33)25-13-20(32)34-4)22-28-24(31(3)30-22)27-19-11-10-18-17(12-26-29-18)21(19)16-8-9-16/h5-7,10-12,16H,1,8-9,13H2,2-4H3,(H,25,33)(H,26,29)(H,27,28,30)/b14-6+,15-7+. The number of hydrogen-bond acceptors (Lipinski definition) is 7. The normalized spacial score (nSPS) is 14.2. The number of nitrogens with zero attached hydrogens (tertiary/aromatic N) is 4. The molecule has 3 aromatic rings. The first-order valence-electron chi connectivity index (χ1n) is 10.9. The summed E-state index contributed by atoms with van der Waals surface area (Å²) < 4.78 is 6.19. The summed E-state index contributed by atoms with van der Waals surface area (Å²) in [4.78, 5) is 28.0. The van der Waals surface area contributed by atoms with Crippen molar-refractivity contribution in [1.29, 1.82) is 0 Å². The first-order valence-corrected chi connectivity index (χ1v) is 10.9. The van der Waals surface area contributed by atoms with Crippen molar-refractivity contribution in [2.45, 2.75) is 25.7 Å². The van der Waals surface area contributed by atoms with Crippen LogP contribution in [0.4, 0.5) is 11.6 Å². The molecule has 2 heterocycles. The van der Waals surface area contributed by atoms with Crippen LogP contribution in [0.15, 0.2) is 48.7 Å². The Morgan fingerprint density at radius 2 is 2.12 bits per heavy atom. The summed E-state index contributed by atoms with van der Waals surface area (Å²) in [5.74, 6) is 0.681. The molecule has 0 radical (unpaired) electrons. The zero-order chi connectivity index (χ0) is 24.2. The number of hydrogen-bond donors (Lipinski definition) is 3. The number of rotatable bonds is 9. The molecule has 176 valence electrons.